The number of benzene rings is 1. The van der Waals surface area contributed by atoms with Crippen molar-refractivity contribution in [3.8, 4) is 0 Å². The molecule has 0 fully saturated rings. The normalized spacial score (nSPS) is 15.5. The van der Waals surface area contributed by atoms with Crippen molar-refractivity contribution < 1.29 is 4.79 Å². The minimum absolute atomic E-state index is 0.0663. The number of nitrogens with zero attached hydrogens (tertiary/aromatic N) is 3. The molecule has 0 saturated carbocycles. The first-order valence-corrected chi connectivity index (χ1v) is 9.74. The molecule has 1 amide bonds. The van der Waals surface area contributed by atoms with Crippen LogP contribution >= 0.6 is 11.8 Å². The molecule has 3 rings (SSSR count). The van der Waals surface area contributed by atoms with Crippen LogP contribution in [0.1, 0.15) is 43.3 Å². The van der Waals surface area contributed by atoms with E-state index in [0.717, 1.165) is 22.6 Å². The van der Waals surface area contributed by atoms with Crippen molar-refractivity contribution in [1.29, 1.82) is 0 Å². The van der Waals surface area contributed by atoms with E-state index in [4.69, 9.17) is 0 Å². The quantitative estimate of drug-likeness (QED) is 0.581. The summed E-state index contributed by atoms with van der Waals surface area (Å²) in [6.45, 7) is 12.2. The Morgan fingerprint density at radius 1 is 1.08 bits per heavy atom. The Balaban J connectivity index is 1.88. The molecule has 0 saturated heterocycles. The van der Waals surface area contributed by atoms with Gasteiger partial charge in [-0.05, 0) is 65.3 Å². The van der Waals surface area contributed by atoms with Crippen LogP contribution in [0.15, 0.2) is 35.5 Å². The highest BCUT2D eigenvalue weighted by atomic mass is 32.2. The van der Waals surface area contributed by atoms with Gasteiger partial charge in [-0.1, -0.05) is 29.5 Å². The standard InChI is InChI=1S/C21H25N3OS/c1-13-7-8-18-17(9-13)14(2)11-21(5,6)24(18)19(25)12-26-20-22-15(3)10-16(4)23-20/h7-11H,12H2,1-6H3. The molecule has 4 nitrogen and oxygen atoms in total. The number of carbonyl (C=O) groups excluding carboxylic acids is 1. The van der Waals surface area contributed by atoms with E-state index in [2.05, 4.69) is 61.9 Å². The van der Waals surface area contributed by atoms with E-state index >= 15 is 0 Å². The molecule has 0 N–H and O–H groups in total. The van der Waals surface area contributed by atoms with Gasteiger partial charge in [-0.25, -0.2) is 9.97 Å². The number of aryl methyl sites for hydroxylation is 3. The highest BCUT2D eigenvalue weighted by Crippen LogP contribution is 2.39. The maximum absolute atomic E-state index is 13.1. The SMILES string of the molecule is CC1=CC(C)(C)N(C(=O)CSc2nc(C)cc(C)n2)c2ccc(C)cc21. The van der Waals surface area contributed by atoms with Gasteiger partial charge in [0.15, 0.2) is 5.16 Å². The smallest absolute Gasteiger partial charge is 0.238 e. The second kappa shape index (κ2) is 6.88. The lowest BCUT2D eigenvalue weighted by Crippen LogP contribution is -2.49. The number of hydrogen-bond acceptors (Lipinski definition) is 4. The second-order valence-corrected chi connectivity index (χ2v) is 8.40. The molecule has 0 atom stereocenters. The van der Waals surface area contributed by atoms with Crippen LogP contribution in [-0.2, 0) is 4.79 Å². The zero-order valence-electron chi connectivity index (χ0n) is 16.3. The Morgan fingerprint density at radius 3 is 2.38 bits per heavy atom. The number of fused-ring (bicyclic) bond motifs is 1. The molecule has 1 aromatic carbocycles. The molecule has 0 spiro atoms. The van der Waals surface area contributed by atoms with Gasteiger partial charge in [-0.15, -0.1) is 0 Å². The maximum atomic E-state index is 13.1. The van der Waals surface area contributed by atoms with E-state index in [1.807, 2.05) is 24.8 Å². The van der Waals surface area contributed by atoms with Crippen molar-refractivity contribution in [1.82, 2.24) is 9.97 Å². The predicted octanol–water partition coefficient (Wildman–Crippen LogP) is 4.72. The summed E-state index contributed by atoms with van der Waals surface area (Å²) in [5.41, 5.74) is 5.99. The molecule has 136 valence electrons. The number of carbonyl (C=O) groups is 1. The number of allylic oxidation sites excluding steroid dienone is 1. The summed E-state index contributed by atoms with van der Waals surface area (Å²) >= 11 is 1.40. The molecule has 0 bridgehead atoms. The fourth-order valence-electron chi connectivity index (χ4n) is 3.55. The molecule has 1 aliphatic rings. The average Bonchev–Trinajstić information content (AvgIpc) is 2.52. The number of aromatic nitrogens is 2. The van der Waals surface area contributed by atoms with Crippen LogP contribution in [-0.4, -0.2) is 27.2 Å². The summed E-state index contributed by atoms with van der Waals surface area (Å²) in [6, 6.07) is 8.20. The molecule has 2 heterocycles. The van der Waals surface area contributed by atoms with Crippen LogP contribution in [0.4, 0.5) is 5.69 Å². The van der Waals surface area contributed by atoms with Gasteiger partial charge in [0.25, 0.3) is 0 Å². The molecule has 0 unspecified atom stereocenters. The number of amides is 1. The van der Waals surface area contributed by atoms with E-state index in [9.17, 15) is 4.79 Å². The van der Waals surface area contributed by atoms with Gasteiger partial charge in [0.2, 0.25) is 5.91 Å². The topological polar surface area (TPSA) is 46.1 Å². The second-order valence-electron chi connectivity index (χ2n) is 7.45. The average molecular weight is 368 g/mol. The highest BCUT2D eigenvalue weighted by Gasteiger charge is 2.35. The Morgan fingerprint density at radius 2 is 1.73 bits per heavy atom. The highest BCUT2D eigenvalue weighted by molar-refractivity contribution is 7.99. The Hall–Kier alpha value is -2.14. The van der Waals surface area contributed by atoms with E-state index in [1.165, 1.54) is 22.9 Å². The van der Waals surface area contributed by atoms with Gasteiger partial charge in [0.1, 0.15) is 0 Å². The van der Waals surface area contributed by atoms with E-state index in [-0.39, 0.29) is 11.4 Å². The largest absolute Gasteiger partial charge is 0.302 e. The van der Waals surface area contributed by atoms with Crippen molar-refractivity contribution in [2.24, 2.45) is 0 Å². The number of rotatable bonds is 3. The Kier molecular flexibility index (Phi) is 4.93. The molecular formula is C21H25N3OS. The van der Waals surface area contributed by atoms with Crippen LogP contribution in [0.2, 0.25) is 0 Å². The van der Waals surface area contributed by atoms with Crippen molar-refractivity contribution >= 4 is 28.9 Å². The molecule has 5 heteroatoms. The third-order valence-electron chi connectivity index (χ3n) is 4.50. The van der Waals surface area contributed by atoms with Gasteiger partial charge in [-0.2, -0.15) is 0 Å². The number of thioether (sulfide) groups is 1. The van der Waals surface area contributed by atoms with Gasteiger partial charge in [0.05, 0.1) is 17.0 Å². The van der Waals surface area contributed by atoms with Gasteiger partial charge in [-0.3, -0.25) is 4.79 Å². The van der Waals surface area contributed by atoms with Crippen molar-refractivity contribution in [2.45, 2.75) is 52.2 Å². The van der Waals surface area contributed by atoms with Crippen molar-refractivity contribution in [3.63, 3.8) is 0 Å². The van der Waals surface area contributed by atoms with Crippen LogP contribution in [0.25, 0.3) is 5.57 Å². The Bertz CT molecular complexity index is 882. The van der Waals surface area contributed by atoms with Crippen LogP contribution in [0, 0.1) is 20.8 Å². The van der Waals surface area contributed by atoms with Crippen LogP contribution in [0.3, 0.4) is 0 Å². The lowest BCUT2D eigenvalue weighted by molar-refractivity contribution is -0.116. The molecule has 26 heavy (non-hydrogen) atoms. The zero-order valence-corrected chi connectivity index (χ0v) is 17.1. The fourth-order valence-corrected chi connectivity index (χ4v) is 4.35. The first-order valence-electron chi connectivity index (χ1n) is 8.76. The third-order valence-corrected chi connectivity index (χ3v) is 5.33. The summed E-state index contributed by atoms with van der Waals surface area (Å²) in [5.74, 6) is 0.378. The van der Waals surface area contributed by atoms with Gasteiger partial charge in [0, 0.05) is 17.0 Å². The van der Waals surface area contributed by atoms with Gasteiger partial charge >= 0.3 is 0 Å². The van der Waals surface area contributed by atoms with E-state index in [0.29, 0.717) is 10.9 Å². The number of hydrogen-bond donors (Lipinski definition) is 0. The lowest BCUT2D eigenvalue weighted by Gasteiger charge is -2.41. The molecule has 0 radical (unpaired) electrons. The summed E-state index contributed by atoms with van der Waals surface area (Å²) in [4.78, 5) is 23.9. The monoisotopic (exact) mass is 367 g/mol. The lowest BCUT2D eigenvalue weighted by atomic mass is 9.88. The van der Waals surface area contributed by atoms with Gasteiger partial charge < -0.3 is 4.90 Å². The third kappa shape index (κ3) is 3.68. The summed E-state index contributed by atoms with van der Waals surface area (Å²) in [5, 5.41) is 0.654. The summed E-state index contributed by atoms with van der Waals surface area (Å²) in [7, 11) is 0. The van der Waals surface area contributed by atoms with E-state index in [1.54, 1.807) is 0 Å². The minimum atomic E-state index is -0.368. The zero-order chi connectivity index (χ0) is 19.1. The van der Waals surface area contributed by atoms with Crippen molar-refractivity contribution in [2.75, 3.05) is 10.7 Å². The number of anilines is 1. The predicted molar refractivity (Wildman–Crippen MR) is 109 cm³/mol. The first-order chi connectivity index (χ1) is 12.2. The molecular weight excluding hydrogens is 342 g/mol. The van der Waals surface area contributed by atoms with Crippen LogP contribution < -0.4 is 4.90 Å². The maximum Gasteiger partial charge on any atom is 0.238 e. The van der Waals surface area contributed by atoms with Crippen molar-refractivity contribution in [3.05, 3.63) is 52.9 Å². The minimum Gasteiger partial charge on any atom is -0.302 e. The molecule has 1 aliphatic heterocycles. The fraction of sp³-hybridized carbons (Fsp3) is 0.381. The summed E-state index contributed by atoms with van der Waals surface area (Å²) in [6.07, 6.45) is 2.17. The van der Waals surface area contributed by atoms with Crippen LogP contribution in [0.5, 0.6) is 0 Å². The van der Waals surface area contributed by atoms with E-state index < -0.39 is 0 Å². The molecule has 2 aromatic rings. The molecule has 0 aliphatic carbocycles. The first kappa shape index (κ1) is 18.6. The molecule has 1 aromatic heterocycles. The summed E-state index contributed by atoms with van der Waals surface area (Å²) < 4.78 is 0. The Labute approximate surface area is 159 Å².